The Morgan fingerprint density at radius 2 is 1.82 bits per heavy atom. The number of carbonyl (C=O) groups excluding carboxylic acids is 2. The van der Waals surface area contributed by atoms with E-state index in [0.29, 0.717) is 12.5 Å². The van der Waals surface area contributed by atoms with Gasteiger partial charge in [-0.3, -0.25) is 0 Å². The van der Waals surface area contributed by atoms with Crippen molar-refractivity contribution in [1.29, 1.82) is 0 Å². The maximum atomic E-state index is 11.6. The lowest BCUT2D eigenvalue weighted by molar-refractivity contribution is -0.144. The van der Waals surface area contributed by atoms with E-state index in [0.717, 1.165) is 6.42 Å². The zero-order valence-electron chi connectivity index (χ0n) is 11.4. The van der Waals surface area contributed by atoms with Gasteiger partial charge in [-0.15, -0.1) is 0 Å². The average Bonchev–Trinajstić information content (AvgIpc) is 2.31. The van der Waals surface area contributed by atoms with Gasteiger partial charge in [-0.1, -0.05) is 34.1 Å². The van der Waals surface area contributed by atoms with E-state index < -0.39 is 12.0 Å². The van der Waals surface area contributed by atoms with E-state index in [1.807, 2.05) is 27.7 Å². The minimum absolute atomic E-state index is 0.0484. The summed E-state index contributed by atoms with van der Waals surface area (Å²) in [7, 11) is 1.32. The molecule has 2 N–H and O–H groups in total. The van der Waals surface area contributed by atoms with Gasteiger partial charge in [0.2, 0.25) is 0 Å². The fourth-order valence-electron chi connectivity index (χ4n) is 1.29. The Balaban J connectivity index is 4.33. The number of methoxy groups -OCH3 is 1. The molecule has 5 nitrogen and oxygen atoms in total. The van der Waals surface area contributed by atoms with Crippen LogP contribution in [-0.4, -0.2) is 31.7 Å². The van der Waals surface area contributed by atoms with Gasteiger partial charge in [0.15, 0.2) is 0 Å². The van der Waals surface area contributed by atoms with E-state index in [-0.39, 0.29) is 11.9 Å². The molecule has 0 aromatic rings. The molecule has 0 heterocycles. The quantitative estimate of drug-likeness (QED) is 0.696. The first kappa shape index (κ1) is 15.7. The van der Waals surface area contributed by atoms with Crippen LogP contribution in [-0.2, 0) is 9.53 Å². The smallest absolute Gasteiger partial charge is 0.328 e. The number of urea groups is 1. The second kappa shape index (κ2) is 7.92. The summed E-state index contributed by atoms with van der Waals surface area (Å²) in [6, 6.07) is -0.911. The third-order valence-electron chi connectivity index (χ3n) is 2.63. The van der Waals surface area contributed by atoms with Crippen molar-refractivity contribution in [3.05, 3.63) is 0 Å². The van der Waals surface area contributed by atoms with E-state index in [1.54, 1.807) is 0 Å². The Morgan fingerprint density at radius 1 is 1.24 bits per heavy atom. The molecule has 0 saturated heterocycles. The molecule has 5 heteroatoms. The number of amides is 2. The van der Waals surface area contributed by atoms with Crippen LogP contribution in [0.3, 0.4) is 0 Å². The second-order valence-corrected chi connectivity index (χ2v) is 4.63. The first-order valence-electron chi connectivity index (χ1n) is 6.04. The summed E-state index contributed by atoms with van der Waals surface area (Å²) in [6.07, 6.45) is 0.796. The average molecular weight is 244 g/mol. The summed E-state index contributed by atoms with van der Waals surface area (Å²) < 4.78 is 4.68. The van der Waals surface area contributed by atoms with Crippen molar-refractivity contribution < 1.29 is 14.3 Å². The molecule has 0 fully saturated rings. The highest BCUT2D eigenvalue weighted by atomic mass is 16.5. The Morgan fingerprint density at radius 3 is 2.24 bits per heavy atom. The number of ether oxygens (including phenoxy) is 1. The molecule has 2 atom stereocenters. The van der Waals surface area contributed by atoms with Gasteiger partial charge in [-0.25, -0.2) is 9.59 Å². The Kier molecular flexibility index (Phi) is 7.34. The van der Waals surface area contributed by atoms with Crippen LogP contribution in [0.25, 0.3) is 0 Å². The zero-order chi connectivity index (χ0) is 13.4. The highest BCUT2D eigenvalue weighted by Gasteiger charge is 2.26. The van der Waals surface area contributed by atoms with Gasteiger partial charge in [0.25, 0.3) is 0 Å². The molecule has 0 aliphatic rings. The van der Waals surface area contributed by atoms with Gasteiger partial charge in [0.1, 0.15) is 6.04 Å². The number of nitrogens with one attached hydrogen (secondary N) is 2. The fraction of sp³-hybridized carbons (Fsp3) is 0.833. The van der Waals surface area contributed by atoms with Crippen molar-refractivity contribution in [2.24, 2.45) is 11.8 Å². The van der Waals surface area contributed by atoms with Crippen molar-refractivity contribution in [3.63, 3.8) is 0 Å². The molecule has 100 valence electrons. The van der Waals surface area contributed by atoms with Gasteiger partial charge >= 0.3 is 12.0 Å². The third kappa shape index (κ3) is 6.14. The maximum absolute atomic E-state index is 11.6. The highest BCUT2D eigenvalue weighted by Crippen LogP contribution is 2.08. The minimum Gasteiger partial charge on any atom is -0.467 e. The van der Waals surface area contributed by atoms with Crippen LogP contribution < -0.4 is 10.6 Å². The van der Waals surface area contributed by atoms with Crippen LogP contribution in [0.4, 0.5) is 4.79 Å². The maximum Gasteiger partial charge on any atom is 0.328 e. The van der Waals surface area contributed by atoms with Crippen LogP contribution in [0, 0.1) is 11.8 Å². The topological polar surface area (TPSA) is 67.4 Å². The van der Waals surface area contributed by atoms with Crippen LogP contribution in [0.1, 0.15) is 34.1 Å². The van der Waals surface area contributed by atoms with E-state index in [1.165, 1.54) is 7.11 Å². The van der Waals surface area contributed by atoms with Crippen LogP contribution in [0.2, 0.25) is 0 Å². The summed E-state index contributed by atoms with van der Waals surface area (Å²) in [4.78, 5) is 23.1. The van der Waals surface area contributed by atoms with Crippen LogP contribution in [0.5, 0.6) is 0 Å². The Bertz CT molecular complexity index is 254. The standard InChI is InChI=1S/C12H24N2O3/c1-6-9(4)10(11(15)17-5)14-12(16)13-7-8(2)3/h8-10H,6-7H2,1-5H3,(H2,13,14,16)/t9-,10+/m0/s1. The molecule has 0 saturated carbocycles. The molecule has 0 radical (unpaired) electrons. The molecule has 17 heavy (non-hydrogen) atoms. The largest absolute Gasteiger partial charge is 0.467 e. The van der Waals surface area contributed by atoms with Gasteiger partial charge in [0, 0.05) is 6.54 Å². The third-order valence-corrected chi connectivity index (χ3v) is 2.63. The van der Waals surface area contributed by atoms with Gasteiger partial charge in [-0.2, -0.15) is 0 Å². The van der Waals surface area contributed by atoms with Gasteiger partial charge in [0.05, 0.1) is 7.11 Å². The van der Waals surface area contributed by atoms with E-state index in [4.69, 9.17) is 0 Å². The van der Waals surface area contributed by atoms with Crippen molar-refractivity contribution >= 4 is 12.0 Å². The SMILES string of the molecule is CC[C@H](C)[C@@H](NC(=O)NCC(C)C)C(=O)OC. The van der Waals surface area contributed by atoms with E-state index in [2.05, 4.69) is 15.4 Å². The molecular weight excluding hydrogens is 220 g/mol. The monoisotopic (exact) mass is 244 g/mol. The first-order valence-corrected chi connectivity index (χ1v) is 6.04. The van der Waals surface area contributed by atoms with Crippen molar-refractivity contribution in [2.45, 2.75) is 40.2 Å². The van der Waals surface area contributed by atoms with Crippen molar-refractivity contribution in [3.8, 4) is 0 Å². The molecule has 0 bridgehead atoms. The summed E-state index contributed by atoms with van der Waals surface area (Å²) in [5.41, 5.74) is 0. The van der Waals surface area contributed by atoms with Crippen LogP contribution >= 0.6 is 0 Å². The highest BCUT2D eigenvalue weighted by molar-refractivity contribution is 5.83. The lowest BCUT2D eigenvalue weighted by Crippen LogP contribution is -2.50. The second-order valence-electron chi connectivity index (χ2n) is 4.63. The zero-order valence-corrected chi connectivity index (χ0v) is 11.4. The number of hydrogen-bond donors (Lipinski definition) is 2. The summed E-state index contributed by atoms with van der Waals surface area (Å²) in [5.74, 6) is 0.0206. The van der Waals surface area contributed by atoms with Crippen molar-refractivity contribution in [1.82, 2.24) is 10.6 Å². The number of esters is 1. The normalized spacial score (nSPS) is 14.0. The fourth-order valence-corrected chi connectivity index (χ4v) is 1.29. The lowest BCUT2D eigenvalue weighted by atomic mass is 9.99. The molecular formula is C12H24N2O3. The van der Waals surface area contributed by atoms with E-state index in [9.17, 15) is 9.59 Å². The van der Waals surface area contributed by atoms with Gasteiger partial charge < -0.3 is 15.4 Å². The molecule has 0 aliphatic carbocycles. The molecule has 0 spiro atoms. The Labute approximate surface area is 103 Å². The number of carbonyl (C=O) groups is 2. The lowest BCUT2D eigenvalue weighted by Gasteiger charge is -2.22. The number of rotatable bonds is 6. The molecule has 0 aliphatic heterocycles. The Hall–Kier alpha value is -1.26. The van der Waals surface area contributed by atoms with Crippen molar-refractivity contribution in [2.75, 3.05) is 13.7 Å². The summed E-state index contributed by atoms with van der Waals surface area (Å²) in [6.45, 7) is 8.47. The summed E-state index contributed by atoms with van der Waals surface area (Å²) >= 11 is 0. The number of hydrogen-bond acceptors (Lipinski definition) is 3. The molecule has 0 aromatic carbocycles. The molecule has 0 rings (SSSR count). The first-order chi connectivity index (χ1) is 7.92. The molecule has 2 amide bonds. The molecule has 0 unspecified atom stereocenters. The minimum atomic E-state index is -0.586. The predicted molar refractivity (Wildman–Crippen MR) is 66.6 cm³/mol. The van der Waals surface area contributed by atoms with Crippen LogP contribution in [0.15, 0.2) is 0 Å². The van der Waals surface area contributed by atoms with Gasteiger partial charge in [-0.05, 0) is 11.8 Å². The predicted octanol–water partition coefficient (Wildman–Crippen LogP) is 1.53. The molecule has 0 aromatic heterocycles. The van der Waals surface area contributed by atoms with E-state index >= 15 is 0 Å². The summed E-state index contributed by atoms with van der Waals surface area (Å²) in [5, 5.41) is 5.36.